The number of aromatic hydroxyl groups is 1. The number of aromatic nitrogens is 1. The number of benzene rings is 3. The zero-order valence-electron chi connectivity index (χ0n) is 18.4. The zero-order chi connectivity index (χ0) is 26.8. The van der Waals surface area contributed by atoms with Crippen molar-refractivity contribution in [2.75, 3.05) is 5.32 Å². The highest BCUT2D eigenvalue weighted by atomic mass is 19.4. The quantitative estimate of drug-likeness (QED) is 0.262. The molecule has 2 N–H and O–H groups in total. The number of rotatable bonds is 6. The third kappa shape index (κ3) is 6.26. The molecule has 0 unspecified atom stereocenters. The maximum Gasteiger partial charge on any atom is 0.573 e. The van der Waals surface area contributed by atoms with Gasteiger partial charge in [0.05, 0.1) is 17.3 Å². The van der Waals surface area contributed by atoms with Crippen LogP contribution >= 0.6 is 0 Å². The second kappa shape index (κ2) is 9.69. The largest absolute Gasteiger partial charge is 0.573 e. The van der Waals surface area contributed by atoms with E-state index in [1.807, 2.05) is 6.07 Å². The fraction of sp³-hybridized carbons (Fsp3) is 0.0800. The summed E-state index contributed by atoms with van der Waals surface area (Å²) < 4.78 is 83.9. The van der Waals surface area contributed by atoms with Gasteiger partial charge in [-0.2, -0.15) is 5.26 Å². The Kier molecular flexibility index (Phi) is 6.63. The summed E-state index contributed by atoms with van der Waals surface area (Å²) in [6, 6.07) is 19.5. The zero-order valence-corrected chi connectivity index (χ0v) is 18.4. The van der Waals surface area contributed by atoms with E-state index in [1.165, 1.54) is 34.9 Å². The molecule has 1 heterocycles. The maximum atomic E-state index is 12.5. The minimum Gasteiger partial charge on any atom is -0.493 e. The number of nitriles is 1. The minimum absolute atomic E-state index is 0.137. The number of alkyl halides is 6. The van der Waals surface area contributed by atoms with Crippen LogP contribution in [0.4, 0.5) is 37.7 Å². The Labute approximate surface area is 205 Å². The number of hydrogen-bond acceptors (Lipinski definition) is 5. The molecular formula is C25H15F6N3O3. The molecule has 0 spiro atoms. The fourth-order valence-corrected chi connectivity index (χ4v) is 3.51. The van der Waals surface area contributed by atoms with Gasteiger partial charge in [0.1, 0.15) is 17.2 Å². The van der Waals surface area contributed by atoms with Crippen molar-refractivity contribution in [3.05, 3.63) is 84.4 Å². The van der Waals surface area contributed by atoms with Crippen molar-refractivity contribution in [1.82, 2.24) is 4.57 Å². The third-order valence-corrected chi connectivity index (χ3v) is 4.96. The number of hydrogen-bond donors (Lipinski definition) is 2. The molecule has 12 heteroatoms. The lowest BCUT2D eigenvalue weighted by molar-refractivity contribution is -0.275. The van der Waals surface area contributed by atoms with Crippen LogP contribution < -0.4 is 14.8 Å². The van der Waals surface area contributed by atoms with Gasteiger partial charge >= 0.3 is 12.7 Å². The summed E-state index contributed by atoms with van der Waals surface area (Å²) in [4.78, 5) is 0. The van der Waals surface area contributed by atoms with Gasteiger partial charge in [-0.3, -0.25) is 4.57 Å². The summed E-state index contributed by atoms with van der Waals surface area (Å²) in [5.74, 6) is -1.25. The predicted octanol–water partition coefficient (Wildman–Crippen LogP) is 7.26. The molecule has 37 heavy (non-hydrogen) atoms. The van der Waals surface area contributed by atoms with Gasteiger partial charge in [-0.05, 0) is 66.7 Å². The highest BCUT2D eigenvalue weighted by Crippen LogP contribution is 2.39. The molecule has 6 nitrogen and oxygen atoms in total. The molecule has 0 saturated carbocycles. The Morgan fingerprint density at radius 1 is 0.784 bits per heavy atom. The minimum atomic E-state index is -4.88. The van der Waals surface area contributed by atoms with E-state index in [2.05, 4.69) is 14.8 Å². The fourth-order valence-electron chi connectivity index (χ4n) is 3.51. The van der Waals surface area contributed by atoms with Crippen molar-refractivity contribution < 1.29 is 40.9 Å². The number of anilines is 2. The molecule has 3 aromatic carbocycles. The molecular weight excluding hydrogens is 504 g/mol. The first-order valence-corrected chi connectivity index (χ1v) is 10.4. The molecule has 4 aromatic rings. The van der Waals surface area contributed by atoms with Gasteiger partial charge in [0, 0.05) is 16.9 Å². The Morgan fingerprint density at radius 3 is 1.89 bits per heavy atom. The normalized spacial score (nSPS) is 11.6. The molecule has 0 amide bonds. The SMILES string of the molecule is N#Cc1cccc(-c2cc(Nc3ccc(OC(F)(F)F)cc3)c(O)n2-c2ccc(OC(F)(F)F)cc2)c1. The molecule has 0 fully saturated rings. The van der Waals surface area contributed by atoms with Crippen LogP contribution in [0.1, 0.15) is 5.56 Å². The van der Waals surface area contributed by atoms with Crippen molar-refractivity contribution in [1.29, 1.82) is 5.26 Å². The van der Waals surface area contributed by atoms with E-state index in [4.69, 9.17) is 0 Å². The van der Waals surface area contributed by atoms with Crippen molar-refractivity contribution in [3.63, 3.8) is 0 Å². The predicted molar refractivity (Wildman–Crippen MR) is 121 cm³/mol. The van der Waals surface area contributed by atoms with Gasteiger partial charge in [0.25, 0.3) is 0 Å². The summed E-state index contributed by atoms with van der Waals surface area (Å²) in [5, 5.41) is 23.2. The van der Waals surface area contributed by atoms with E-state index in [0.717, 1.165) is 24.3 Å². The molecule has 190 valence electrons. The van der Waals surface area contributed by atoms with Crippen LogP contribution in [-0.4, -0.2) is 22.4 Å². The number of halogens is 6. The number of ether oxygens (including phenoxy) is 2. The molecule has 0 saturated heterocycles. The van der Waals surface area contributed by atoms with Gasteiger partial charge < -0.3 is 19.9 Å². The van der Waals surface area contributed by atoms with E-state index < -0.39 is 24.2 Å². The van der Waals surface area contributed by atoms with Gasteiger partial charge in [0.15, 0.2) is 0 Å². The standard InChI is InChI=1S/C25H15F6N3O3/c26-24(27,28)36-19-8-4-17(5-9-19)33-21-13-22(16-3-1-2-15(12-16)14-32)34(23(21)35)18-6-10-20(11-7-18)37-25(29,30)31/h1-13,33,35H. The summed E-state index contributed by atoms with van der Waals surface area (Å²) >= 11 is 0. The molecule has 0 radical (unpaired) electrons. The third-order valence-electron chi connectivity index (χ3n) is 4.96. The van der Waals surface area contributed by atoms with Gasteiger partial charge in [-0.15, -0.1) is 26.3 Å². The smallest absolute Gasteiger partial charge is 0.493 e. The second-order valence-corrected chi connectivity index (χ2v) is 7.53. The summed E-state index contributed by atoms with van der Waals surface area (Å²) in [6.45, 7) is 0. The molecule has 0 bridgehead atoms. The number of nitrogens with zero attached hydrogens (tertiary/aromatic N) is 2. The monoisotopic (exact) mass is 519 g/mol. The molecule has 4 rings (SSSR count). The van der Waals surface area contributed by atoms with Crippen molar-refractivity contribution in [2.24, 2.45) is 0 Å². The highest BCUT2D eigenvalue weighted by Gasteiger charge is 2.32. The van der Waals surface area contributed by atoms with E-state index >= 15 is 0 Å². The van der Waals surface area contributed by atoms with Crippen molar-refractivity contribution in [2.45, 2.75) is 12.7 Å². The molecule has 0 atom stereocenters. The van der Waals surface area contributed by atoms with Crippen LogP contribution in [-0.2, 0) is 0 Å². The van der Waals surface area contributed by atoms with Crippen LogP contribution in [0.5, 0.6) is 17.4 Å². The van der Waals surface area contributed by atoms with Crippen LogP contribution in [0.2, 0.25) is 0 Å². The summed E-state index contributed by atoms with van der Waals surface area (Å²) in [5.41, 5.74) is 1.93. The van der Waals surface area contributed by atoms with Crippen LogP contribution in [0, 0.1) is 11.3 Å². The maximum absolute atomic E-state index is 12.5. The average molecular weight is 519 g/mol. The van der Waals surface area contributed by atoms with Crippen LogP contribution in [0.15, 0.2) is 78.9 Å². The Bertz CT molecular complexity index is 1440. The molecule has 0 aliphatic heterocycles. The topological polar surface area (TPSA) is 79.4 Å². The van der Waals surface area contributed by atoms with Crippen LogP contribution in [0.3, 0.4) is 0 Å². The van der Waals surface area contributed by atoms with Gasteiger partial charge in [-0.1, -0.05) is 12.1 Å². The van der Waals surface area contributed by atoms with E-state index in [1.54, 1.807) is 24.3 Å². The summed E-state index contributed by atoms with van der Waals surface area (Å²) in [6.07, 6.45) is -9.73. The van der Waals surface area contributed by atoms with Crippen LogP contribution in [0.25, 0.3) is 16.9 Å². The second-order valence-electron chi connectivity index (χ2n) is 7.53. The molecule has 0 aliphatic rings. The van der Waals surface area contributed by atoms with E-state index in [9.17, 15) is 36.7 Å². The Morgan fingerprint density at radius 2 is 1.35 bits per heavy atom. The van der Waals surface area contributed by atoms with Gasteiger partial charge in [0.2, 0.25) is 5.88 Å². The first-order chi connectivity index (χ1) is 17.4. The van der Waals surface area contributed by atoms with E-state index in [-0.39, 0.29) is 17.3 Å². The lowest BCUT2D eigenvalue weighted by atomic mass is 10.1. The summed E-state index contributed by atoms with van der Waals surface area (Å²) in [7, 11) is 0. The lowest BCUT2D eigenvalue weighted by Gasteiger charge is -2.13. The molecule has 0 aliphatic carbocycles. The Balaban J connectivity index is 1.73. The average Bonchev–Trinajstić information content (AvgIpc) is 3.15. The molecule has 1 aromatic heterocycles. The van der Waals surface area contributed by atoms with Crippen molar-refractivity contribution >= 4 is 11.4 Å². The Hall–Kier alpha value is -4.79. The number of nitrogens with one attached hydrogen (secondary N) is 1. The first-order valence-electron chi connectivity index (χ1n) is 10.4. The van der Waals surface area contributed by atoms with E-state index in [0.29, 0.717) is 22.5 Å². The lowest BCUT2D eigenvalue weighted by Crippen LogP contribution is -2.17. The van der Waals surface area contributed by atoms with Crippen molar-refractivity contribution in [3.8, 4) is 40.4 Å². The highest BCUT2D eigenvalue weighted by molar-refractivity contribution is 5.77. The van der Waals surface area contributed by atoms with Gasteiger partial charge in [-0.25, -0.2) is 0 Å². The first kappa shape index (κ1) is 25.3.